The van der Waals surface area contributed by atoms with Gasteiger partial charge in [-0.15, -0.1) is 10.2 Å². The van der Waals surface area contributed by atoms with E-state index in [4.69, 9.17) is 16.0 Å². The molecule has 4 aromatic rings. The molecule has 0 saturated heterocycles. The SMILES string of the molecule is Clc1cccc2c1cc1n2CCN(Cc2nnc(-c3ccccc3)o2)C1. The summed E-state index contributed by atoms with van der Waals surface area (Å²) in [6.45, 7) is 3.36. The summed E-state index contributed by atoms with van der Waals surface area (Å²) in [5, 5.41) is 10.3. The van der Waals surface area contributed by atoms with Crippen LogP contribution in [-0.2, 0) is 19.6 Å². The molecule has 3 heterocycles. The van der Waals surface area contributed by atoms with Crippen molar-refractivity contribution in [1.29, 1.82) is 0 Å². The maximum absolute atomic E-state index is 6.34. The van der Waals surface area contributed by atoms with E-state index in [1.807, 2.05) is 42.5 Å². The molecule has 0 amide bonds. The Morgan fingerprint density at radius 3 is 2.77 bits per heavy atom. The lowest BCUT2D eigenvalue weighted by atomic mass is 10.2. The third kappa shape index (κ3) is 2.69. The van der Waals surface area contributed by atoms with E-state index in [1.165, 1.54) is 11.2 Å². The van der Waals surface area contributed by atoms with Crippen molar-refractivity contribution in [3.05, 3.63) is 71.2 Å². The number of halogens is 1. The highest BCUT2D eigenvalue weighted by Gasteiger charge is 2.21. The molecule has 1 aliphatic rings. The molecule has 0 unspecified atom stereocenters. The van der Waals surface area contributed by atoms with Crippen LogP contribution in [0.15, 0.2) is 59.0 Å². The van der Waals surface area contributed by atoms with Crippen molar-refractivity contribution in [3.63, 3.8) is 0 Å². The van der Waals surface area contributed by atoms with E-state index in [0.717, 1.165) is 35.6 Å². The number of fused-ring (bicyclic) bond motifs is 3. The molecule has 0 bridgehead atoms. The number of benzene rings is 2. The number of aromatic nitrogens is 3. The van der Waals surface area contributed by atoms with Crippen LogP contribution in [0.5, 0.6) is 0 Å². The van der Waals surface area contributed by atoms with Crippen molar-refractivity contribution in [2.45, 2.75) is 19.6 Å². The topological polar surface area (TPSA) is 47.1 Å². The van der Waals surface area contributed by atoms with Crippen molar-refractivity contribution in [2.75, 3.05) is 6.54 Å². The Labute approximate surface area is 155 Å². The summed E-state index contributed by atoms with van der Waals surface area (Å²) in [7, 11) is 0. The monoisotopic (exact) mass is 364 g/mol. The van der Waals surface area contributed by atoms with Crippen molar-refractivity contribution in [3.8, 4) is 11.5 Å². The van der Waals surface area contributed by atoms with Gasteiger partial charge in [0.25, 0.3) is 0 Å². The molecule has 2 aromatic heterocycles. The van der Waals surface area contributed by atoms with Gasteiger partial charge in [-0.1, -0.05) is 35.9 Å². The van der Waals surface area contributed by atoms with Gasteiger partial charge in [0, 0.05) is 46.8 Å². The Bertz CT molecular complexity index is 1070. The quantitative estimate of drug-likeness (QED) is 0.542. The fraction of sp³-hybridized carbons (Fsp3) is 0.200. The largest absolute Gasteiger partial charge is 0.419 e. The zero-order valence-electron chi connectivity index (χ0n) is 14.1. The first-order valence-electron chi connectivity index (χ1n) is 8.65. The van der Waals surface area contributed by atoms with Crippen LogP contribution >= 0.6 is 11.6 Å². The molecule has 130 valence electrons. The maximum Gasteiger partial charge on any atom is 0.247 e. The smallest absolute Gasteiger partial charge is 0.247 e. The fourth-order valence-corrected chi connectivity index (χ4v) is 3.81. The lowest BCUT2D eigenvalue weighted by Crippen LogP contribution is -2.32. The Hall–Kier alpha value is -2.63. The van der Waals surface area contributed by atoms with Crippen LogP contribution in [0.1, 0.15) is 11.6 Å². The van der Waals surface area contributed by atoms with Crippen LogP contribution in [0.25, 0.3) is 22.4 Å². The van der Waals surface area contributed by atoms with E-state index in [9.17, 15) is 0 Å². The summed E-state index contributed by atoms with van der Waals surface area (Å²) in [5.74, 6) is 1.21. The van der Waals surface area contributed by atoms with E-state index in [1.54, 1.807) is 0 Å². The average molecular weight is 365 g/mol. The van der Waals surface area contributed by atoms with E-state index in [0.29, 0.717) is 18.3 Å². The molecule has 0 fully saturated rings. The highest BCUT2D eigenvalue weighted by Crippen LogP contribution is 2.30. The van der Waals surface area contributed by atoms with Crippen molar-refractivity contribution < 1.29 is 4.42 Å². The van der Waals surface area contributed by atoms with Crippen LogP contribution in [0, 0.1) is 0 Å². The van der Waals surface area contributed by atoms with Gasteiger partial charge in [0.15, 0.2) is 0 Å². The number of hydrogen-bond donors (Lipinski definition) is 0. The summed E-state index contributed by atoms with van der Waals surface area (Å²) in [5.41, 5.74) is 3.41. The van der Waals surface area contributed by atoms with Gasteiger partial charge in [-0.2, -0.15) is 0 Å². The number of rotatable bonds is 3. The van der Waals surface area contributed by atoms with Gasteiger partial charge in [-0.3, -0.25) is 4.90 Å². The predicted molar refractivity (Wildman–Crippen MR) is 101 cm³/mol. The fourth-order valence-electron chi connectivity index (χ4n) is 3.59. The first-order valence-corrected chi connectivity index (χ1v) is 9.02. The van der Waals surface area contributed by atoms with Crippen molar-refractivity contribution >= 4 is 22.5 Å². The van der Waals surface area contributed by atoms with E-state index in [2.05, 4.69) is 31.8 Å². The Morgan fingerprint density at radius 1 is 1.00 bits per heavy atom. The van der Waals surface area contributed by atoms with E-state index in [-0.39, 0.29) is 0 Å². The molecule has 2 aromatic carbocycles. The van der Waals surface area contributed by atoms with Gasteiger partial charge in [0.2, 0.25) is 11.8 Å². The second-order valence-electron chi connectivity index (χ2n) is 6.54. The zero-order valence-corrected chi connectivity index (χ0v) is 14.9. The summed E-state index contributed by atoms with van der Waals surface area (Å²) < 4.78 is 8.19. The van der Waals surface area contributed by atoms with Crippen LogP contribution in [-0.4, -0.2) is 26.2 Å². The minimum atomic E-state index is 0.568. The zero-order chi connectivity index (χ0) is 17.5. The van der Waals surface area contributed by atoms with E-state index < -0.39 is 0 Å². The standard InChI is InChI=1S/C20H17ClN4O/c21-17-7-4-8-18-16(17)11-15-12-24(9-10-25(15)18)13-19-22-23-20(26-19)14-5-2-1-3-6-14/h1-8,11H,9-10,12-13H2. The third-order valence-corrected chi connectivity index (χ3v) is 5.18. The summed E-state index contributed by atoms with van der Waals surface area (Å²) in [6, 6.07) is 18.1. The molecule has 6 heteroatoms. The highest BCUT2D eigenvalue weighted by molar-refractivity contribution is 6.35. The summed E-state index contributed by atoms with van der Waals surface area (Å²) in [4.78, 5) is 2.32. The number of hydrogen-bond acceptors (Lipinski definition) is 4. The van der Waals surface area contributed by atoms with Crippen LogP contribution < -0.4 is 0 Å². The molecule has 0 saturated carbocycles. The molecule has 5 rings (SSSR count). The molecule has 0 N–H and O–H groups in total. The molecule has 5 nitrogen and oxygen atoms in total. The number of nitrogens with zero attached hydrogens (tertiary/aromatic N) is 4. The lowest BCUT2D eigenvalue weighted by molar-refractivity contribution is 0.196. The lowest BCUT2D eigenvalue weighted by Gasteiger charge is -2.27. The van der Waals surface area contributed by atoms with Gasteiger partial charge >= 0.3 is 0 Å². The molecule has 26 heavy (non-hydrogen) atoms. The van der Waals surface area contributed by atoms with Crippen molar-refractivity contribution in [1.82, 2.24) is 19.7 Å². The Morgan fingerprint density at radius 2 is 1.88 bits per heavy atom. The second kappa shape index (κ2) is 6.27. The van der Waals surface area contributed by atoms with Gasteiger partial charge in [-0.25, -0.2) is 0 Å². The Balaban J connectivity index is 1.36. The predicted octanol–water partition coefficient (Wildman–Crippen LogP) is 4.36. The molecule has 0 atom stereocenters. The average Bonchev–Trinajstić information content (AvgIpc) is 3.28. The minimum Gasteiger partial charge on any atom is -0.419 e. The Kier molecular flexibility index (Phi) is 3.76. The highest BCUT2D eigenvalue weighted by atomic mass is 35.5. The van der Waals surface area contributed by atoms with Crippen molar-refractivity contribution in [2.24, 2.45) is 0 Å². The van der Waals surface area contributed by atoms with Gasteiger partial charge in [0.1, 0.15) is 0 Å². The van der Waals surface area contributed by atoms with Gasteiger partial charge < -0.3 is 8.98 Å². The molecule has 0 aliphatic carbocycles. The minimum absolute atomic E-state index is 0.568. The molecular weight excluding hydrogens is 348 g/mol. The second-order valence-corrected chi connectivity index (χ2v) is 6.94. The molecular formula is C20H17ClN4O. The summed E-state index contributed by atoms with van der Waals surface area (Å²) in [6.07, 6.45) is 0. The van der Waals surface area contributed by atoms with Crippen LogP contribution in [0.4, 0.5) is 0 Å². The van der Waals surface area contributed by atoms with E-state index >= 15 is 0 Å². The first kappa shape index (κ1) is 15.6. The molecule has 1 aliphatic heterocycles. The first-order chi connectivity index (χ1) is 12.8. The van der Waals surface area contributed by atoms with Gasteiger partial charge in [0.05, 0.1) is 6.54 Å². The summed E-state index contributed by atoms with van der Waals surface area (Å²) >= 11 is 6.34. The third-order valence-electron chi connectivity index (χ3n) is 4.85. The van der Waals surface area contributed by atoms with Crippen LogP contribution in [0.2, 0.25) is 5.02 Å². The van der Waals surface area contributed by atoms with Crippen LogP contribution in [0.3, 0.4) is 0 Å². The van der Waals surface area contributed by atoms with Gasteiger partial charge in [-0.05, 0) is 30.3 Å². The molecule has 0 spiro atoms. The normalized spacial score (nSPS) is 14.7. The maximum atomic E-state index is 6.34. The molecule has 0 radical (unpaired) electrons.